The molecule has 2 aliphatic rings. The number of hydrogen-bond acceptors (Lipinski definition) is 3. The van der Waals surface area contributed by atoms with Crippen LogP contribution in [0.15, 0.2) is 24.3 Å². The summed E-state index contributed by atoms with van der Waals surface area (Å²) in [6.45, 7) is 3.17. The molecule has 0 spiro atoms. The normalized spacial score (nSPS) is 25.7. The SMILES string of the molecule is CC(CN1C[C@H]2C[C@@H]1C(=O)N2Cc1cccc(F)c1)C(=O)O. The quantitative estimate of drug-likeness (QED) is 0.891. The number of fused-ring (bicyclic) bond motifs is 2. The molecule has 0 saturated carbocycles. The van der Waals surface area contributed by atoms with E-state index in [0.717, 1.165) is 12.0 Å². The predicted molar refractivity (Wildman–Crippen MR) is 77.5 cm³/mol. The number of rotatable bonds is 5. The molecule has 6 heteroatoms. The van der Waals surface area contributed by atoms with Crippen LogP contribution in [0, 0.1) is 11.7 Å². The van der Waals surface area contributed by atoms with E-state index in [0.29, 0.717) is 19.6 Å². The molecule has 0 radical (unpaired) electrons. The molecule has 3 atom stereocenters. The molecule has 1 unspecified atom stereocenters. The van der Waals surface area contributed by atoms with Gasteiger partial charge in [0.15, 0.2) is 0 Å². The molecule has 2 bridgehead atoms. The highest BCUT2D eigenvalue weighted by Gasteiger charge is 2.49. The summed E-state index contributed by atoms with van der Waals surface area (Å²) in [5.41, 5.74) is 0.784. The van der Waals surface area contributed by atoms with Gasteiger partial charge in [-0.25, -0.2) is 4.39 Å². The summed E-state index contributed by atoms with van der Waals surface area (Å²) in [4.78, 5) is 27.2. The van der Waals surface area contributed by atoms with Crippen molar-refractivity contribution in [3.8, 4) is 0 Å². The predicted octanol–water partition coefficient (Wildman–Crippen LogP) is 1.33. The van der Waals surface area contributed by atoms with E-state index in [-0.39, 0.29) is 23.8 Å². The summed E-state index contributed by atoms with van der Waals surface area (Å²) in [7, 11) is 0. The summed E-state index contributed by atoms with van der Waals surface area (Å²) in [6, 6.07) is 6.17. The van der Waals surface area contributed by atoms with Gasteiger partial charge >= 0.3 is 5.97 Å². The van der Waals surface area contributed by atoms with Gasteiger partial charge < -0.3 is 10.0 Å². The van der Waals surface area contributed by atoms with Crippen LogP contribution in [0.3, 0.4) is 0 Å². The van der Waals surface area contributed by atoms with Crippen molar-refractivity contribution in [1.29, 1.82) is 0 Å². The standard InChI is InChI=1S/C16H19FN2O3/c1-10(16(21)22)7-18-9-13-6-14(18)15(20)19(13)8-11-3-2-4-12(17)5-11/h2-5,10,13-14H,6-9H2,1H3,(H,21,22)/t10?,13-,14-/m1/s1. The number of carboxylic acid groups (broad SMARTS) is 1. The lowest BCUT2D eigenvalue weighted by Crippen LogP contribution is -2.51. The van der Waals surface area contributed by atoms with Crippen LogP contribution in [0.2, 0.25) is 0 Å². The van der Waals surface area contributed by atoms with Gasteiger partial charge in [0.25, 0.3) is 0 Å². The Balaban J connectivity index is 1.65. The molecule has 0 aliphatic carbocycles. The van der Waals surface area contributed by atoms with Crippen molar-refractivity contribution in [3.05, 3.63) is 35.6 Å². The fourth-order valence-corrected chi connectivity index (χ4v) is 3.40. The highest BCUT2D eigenvalue weighted by atomic mass is 19.1. The molecular weight excluding hydrogens is 287 g/mol. The number of carbonyl (C=O) groups excluding carboxylic acids is 1. The van der Waals surface area contributed by atoms with Crippen LogP contribution in [-0.2, 0) is 16.1 Å². The molecule has 0 aromatic heterocycles. The van der Waals surface area contributed by atoms with Crippen molar-refractivity contribution in [1.82, 2.24) is 9.80 Å². The van der Waals surface area contributed by atoms with Crippen LogP contribution in [0.4, 0.5) is 4.39 Å². The Bertz CT molecular complexity index is 607. The highest BCUT2D eigenvalue weighted by Crippen LogP contribution is 2.33. The topological polar surface area (TPSA) is 60.9 Å². The molecule has 118 valence electrons. The van der Waals surface area contributed by atoms with Gasteiger partial charge in [-0.15, -0.1) is 0 Å². The Kier molecular flexibility index (Phi) is 3.87. The number of benzene rings is 1. The molecule has 2 fully saturated rings. The molecule has 2 aliphatic heterocycles. The molecule has 1 amide bonds. The van der Waals surface area contributed by atoms with Crippen molar-refractivity contribution in [3.63, 3.8) is 0 Å². The summed E-state index contributed by atoms with van der Waals surface area (Å²) in [5.74, 6) is -1.60. The number of aliphatic carboxylic acids is 1. The van der Waals surface area contributed by atoms with Gasteiger partial charge in [-0.05, 0) is 24.1 Å². The number of hydrogen-bond donors (Lipinski definition) is 1. The van der Waals surface area contributed by atoms with E-state index in [4.69, 9.17) is 5.11 Å². The third-order valence-electron chi connectivity index (χ3n) is 4.56. The fourth-order valence-electron chi connectivity index (χ4n) is 3.40. The molecule has 3 rings (SSSR count). The zero-order valence-corrected chi connectivity index (χ0v) is 12.4. The number of nitrogens with zero attached hydrogens (tertiary/aromatic N) is 2. The van der Waals surface area contributed by atoms with Crippen molar-refractivity contribution in [2.75, 3.05) is 13.1 Å². The number of amides is 1. The van der Waals surface area contributed by atoms with Gasteiger partial charge in [-0.2, -0.15) is 0 Å². The number of carboxylic acids is 1. The van der Waals surface area contributed by atoms with Gasteiger partial charge in [0, 0.05) is 25.7 Å². The summed E-state index contributed by atoms with van der Waals surface area (Å²) < 4.78 is 13.2. The summed E-state index contributed by atoms with van der Waals surface area (Å²) in [5, 5.41) is 8.99. The Morgan fingerprint density at radius 3 is 2.91 bits per heavy atom. The maximum absolute atomic E-state index is 13.2. The van der Waals surface area contributed by atoms with E-state index in [1.807, 2.05) is 11.0 Å². The first-order chi connectivity index (χ1) is 10.5. The summed E-state index contributed by atoms with van der Waals surface area (Å²) in [6.07, 6.45) is 0.737. The second-order valence-electron chi connectivity index (χ2n) is 6.19. The molecule has 1 aromatic rings. The minimum atomic E-state index is -0.841. The van der Waals surface area contributed by atoms with E-state index in [9.17, 15) is 14.0 Å². The maximum Gasteiger partial charge on any atom is 0.307 e. The molecule has 1 aromatic carbocycles. The van der Waals surface area contributed by atoms with Crippen LogP contribution in [0.25, 0.3) is 0 Å². The molecule has 1 N–H and O–H groups in total. The van der Waals surface area contributed by atoms with Crippen molar-refractivity contribution >= 4 is 11.9 Å². The number of piperazine rings is 1. The first kappa shape index (κ1) is 15.0. The van der Waals surface area contributed by atoms with Gasteiger partial charge in [0.2, 0.25) is 5.91 Å². The second-order valence-corrected chi connectivity index (χ2v) is 6.19. The lowest BCUT2D eigenvalue weighted by molar-refractivity contribution is -0.144. The first-order valence-electron chi connectivity index (χ1n) is 7.47. The average molecular weight is 306 g/mol. The van der Waals surface area contributed by atoms with Gasteiger partial charge in [-0.3, -0.25) is 14.5 Å². The minimum Gasteiger partial charge on any atom is -0.481 e. The Labute approximate surface area is 128 Å². The zero-order chi connectivity index (χ0) is 15.9. The van der Waals surface area contributed by atoms with Gasteiger partial charge in [0.1, 0.15) is 5.82 Å². The lowest BCUT2D eigenvalue weighted by Gasteiger charge is -2.34. The van der Waals surface area contributed by atoms with Gasteiger partial charge in [0.05, 0.1) is 12.0 Å². The molecular formula is C16H19FN2O3. The minimum absolute atomic E-state index is 0.0260. The van der Waals surface area contributed by atoms with E-state index in [2.05, 4.69) is 0 Å². The monoisotopic (exact) mass is 306 g/mol. The van der Waals surface area contributed by atoms with Crippen LogP contribution < -0.4 is 0 Å². The highest BCUT2D eigenvalue weighted by molar-refractivity contribution is 5.86. The maximum atomic E-state index is 13.2. The van der Waals surface area contributed by atoms with Crippen LogP contribution in [0.5, 0.6) is 0 Å². The van der Waals surface area contributed by atoms with E-state index < -0.39 is 11.9 Å². The Morgan fingerprint density at radius 2 is 2.27 bits per heavy atom. The third-order valence-corrected chi connectivity index (χ3v) is 4.56. The largest absolute Gasteiger partial charge is 0.481 e. The number of likely N-dealkylation sites (tertiary alicyclic amines) is 2. The molecule has 22 heavy (non-hydrogen) atoms. The van der Waals surface area contributed by atoms with Crippen molar-refractivity contribution < 1.29 is 19.1 Å². The first-order valence-corrected chi connectivity index (χ1v) is 7.47. The summed E-state index contributed by atoms with van der Waals surface area (Å²) >= 11 is 0. The number of halogens is 1. The molecule has 2 saturated heterocycles. The van der Waals surface area contributed by atoms with Crippen LogP contribution in [0.1, 0.15) is 18.9 Å². The van der Waals surface area contributed by atoms with Crippen LogP contribution in [-0.4, -0.2) is 52.0 Å². The van der Waals surface area contributed by atoms with E-state index >= 15 is 0 Å². The zero-order valence-electron chi connectivity index (χ0n) is 12.4. The van der Waals surface area contributed by atoms with E-state index in [1.54, 1.807) is 17.9 Å². The van der Waals surface area contributed by atoms with Crippen molar-refractivity contribution in [2.45, 2.75) is 32.0 Å². The molecule has 5 nitrogen and oxygen atoms in total. The Morgan fingerprint density at radius 1 is 1.50 bits per heavy atom. The second kappa shape index (κ2) is 5.68. The molecule has 2 heterocycles. The van der Waals surface area contributed by atoms with E-state index in [1.165, 1.54) is 12.1 Å². The Hall–Kier alpha value is -1.95. The van der Waals surface area contributed by atoms with Crippen LogP contribution >= 0.6 is 0 Å². The van der Waals surface area contributed by atoms with Gasteiger partial charge in [-0.1, -0.05) is 19.1 Å². The fraction of sp³-hybridized carbons (Fsp3) is 0.500. The van der Waals surface area contributed by atoms with Crippen molar-refractivity contribution in [2.24, 2.45) is 5.92 Å². The third kappa shape index (κ3) is 2.70. The smallest absolute Gasteiger partial charge is 0.307 e. The lowest BCUT2D eigenvalue weighted by atomic mass is 10.1. The number of carbonyl (C=O) groups is 2. The average Bonchev–Trinajstić information content (AvgIpc) is 2.98.